The zero-order chi connectivity index (χ0) is 12.3. The summed E-state index contributed by atoms with van der Waals surface area (Å²) in [6, 6.07) is 4.18. The maximum atomic E-state index is 11.2. The summed E-state index contributed by atoms with van der Waals surface area (Å²) in [5.41, 5.74) is -0.119. The summed E-state index contributed by atoms with van der Waals surface area (Å²) >= 11 is 0. The summed E-state index contributed by atoms with van der Waals surface area (Å²) in [7, 11) is 0. The molecule has 1 rings (SSSR count). The topological polar surface area (TPSA) is 69.4 Å². The van der Waals surface area contributed by atoms with Crippen LogP contribution >= 0.6 is 0 Å². The van der Waals surface area contributed by atoms with Crippen LogP contribution in [0.15, 0.2) is 18.2 Å². The van der Waals surface area contributed by atoms with Crippen molar-refractivity contribution in [2.75, 3.05) is 0 Å². The smallest absolute Gasteiger partial charge is 0.280 e. The fraction of sp³-hybridized carbons (Fsp3) is 0.364. The first-order valence-electron chi connectivity index (χ1n) is 4.88. The Balaban J connectivity index is 3.17. The zero-order valence-corrected chi connectivity index (χ0v) is 9.39. The van der Waals surface area contributed by atoms with Gasteiger partial charge < -0.3 is 4.74 Å². The standard InChI is InChI=1S/C11H13NO4/c1-7(2)16-9-4-5-11(12(14)15)10(6-9)8(3)13/h4-7H,1-3H3. The Morgan fingerprint density at radius 1 is 1.44 bits per heavy atom. The number of hydrogen-bond donors (Lipinski definition) is 0. The molecular formula is C11H13NO4. The Morgan fingerprint density at radius 2 is 2.06 bits per heavy atom. The number of ether oxygens (including phenoxy) is 1. The second-order valence-electron chi connectivity index (χ2n) is 3.66. The van der Waals surface area contributed by atoms with Gasteiger partial charge in [0.05, 0.1) is 16.6 Å². The summed E-state index contributed by atoms with van der Waals surface area (Å²) in [5.74, 6) is 0.117. The van der Waals surface area contributed by atoms with Crippen molar-refractivity contribution in [1.29, 1.82) is 0 Å². The molecule has 0 aliphatic carbocycles. The molecule has 86 valence electrons. The van der Waals surface area contributed by atoms with Crippen LogP contribution in [0.25, 0.3) is 0 Å². The fourth-order valence-electron chi connectivity index (χ4n) is 1.30. The molecule has 0 saturated carbocycles. The predicted molar refractivity (Wildman–Crippen MR) is 58.9 cm³/mol. The summed E-state index contributed by atoms with van der Waals surface area (Å²) in [6.07, 6.45) is -0.0405. The van der Waals surface area contributed by atoms with Gasteiger partial charge in [0.1, 0.15) is 5.75 Å². The first-order chi connectivity index (χ1) is 7.41. The van der Waals surface area contributed by atoms with Crippen LogP contribution in [0.2, 0.25) is 0 Å². The number of nitrogens with zero attached hydrogens (tertiary/aromatic N) is 1. The van der Waals surface area contributed by atoms with Gasteiger partial charge in [-0.1, -0.05) is 0 Å². The molecule has 0 saturated heterocycles. The second-order valence-corrected chi connectivity index (χ2v) is 3.66. The molecule has 1 aromatic rings. The molecule has 0 amide bonds. The highest BCUT2D eigenvalue weighted by molar-refractivity contribution is 5.98. The predicted octanol–water partition coefficient (Wildman–Crippen LogP) is 2.58. The SMILES string of the molecule is CC(=O)c1cc(OC(C)C)ccc1[N+](=O)[O-]. The van der Waals surface area contributed by atoms with Crippen molar-refractivity contribution < 1.29 is 14.5 Å². The molecule has 0 atom stereocenters. The average Bonchev–Trinajstić information content (AvgIpc) is 2.16. The minimum atomic E-state index is -0.574. The lowest BCUT2D eigenvalue weighted by molar-refractivity contribution is -0.385. The molecule has 0 unspecified atom stereocenters. The number of Topliss-reactive ketones (excluding diaryl/α,β-unsaturated/α-hetero) is 1. The third kappa shape index (κ3) is 2.79. The highest BCUT2D eigenvalue weighted by Crippen LogP contribution is 2.25. The van der Waals surface area contributed by atoms with Gasteiger partial charge in [0.2, 0.25) is 0 Å². The Bertz CT molecular complexity index is 426. The number of carbonyl (C=O) groups excluding carboxylic acids is 1. The van der Waals surface area contributed by atoms with Crippen LogP contribution < -0.4 is 4.74 Å². The first-order valence-corrected chi connectivity index (χ1v) is 4.88. The van der Waals surface area contributed by atoms with Gasteiger partial charge in [0.15, 0.2) is 5.78 Å². The van der Waals surface area contributed by atoms with E-state index in [-0.39, 0.29) is 23.1 Å². The summed E-state index contributed by atoms with van der Waals surface area (Å²) < 4.78 is 5.36. The Kier molecular flexibility index (Phi) is 3.60. The average molecular weight is 223 g/mol. The number of ketones is 1. The monoisotopic (exact) mass is 223 g/mol. The van der Waals surface area contributed by atoms with Crippen molar-refractivity contribution in [3.05, 3.63) is 33.9 Å². The van der Waals surface area contributed by atoms with E-state index in [1.54, 1.807) is 0 Å². The highest BCUT2D eigenvalue weighted by atomic mass is 16.6. The number of hydrogen-bond acceptors (Lipinski definition) is 4. The van der Waals surface area contributed by atoms with Gasteiger partial charge in [-0.3, -0.25) is 14.9 Å². The van der Waals surface area contributed by atoms with E-state index in [0.717, 1.165) is 0 Å². The van der Waals surface area contributed by atoms with E-state index in [4.69, 9.17) is 4.74 Å². The number of carbonyl (C=O) groups is 1. The molecule has 0 aliphatic rings. The minimum Gasteiger partial charge on any atom is -0.491 e. The van der Waals surface area contributed by atoms with Crippen LogP contribution in [0.5, 0.6) is 5.75 Å². The lowest BCUT2D eigenvalue weighted by Gasteiger charge is -2.10. The van der Waals surface area contributed by atoms with Crippen LogP contribution in [-0.2, 0) is 0 Å². The molecule has 1 aromatic carbocycles. The molecule has 0 fully saturated rings. The van der Waals surface area contributed by atoms with E-state index < -0.39 is 4.92 Å². The first kappa shape index (κ1) is 12.2. The number of benzene rings is 1. The molecule has 0 aliphatic heterocycles. The van der Waals surface area contributed by atoms with Gasteiger partial charge in [-0.25, -0.2) is 0 Å². The zero-order valence-electron chi connectivity index (χ0n) is 9.39. The Morgan fingerprint density at radius 3 is 2.50 bits per heavy atom. The Hall–Kier alpha value is -1.91. The number of nitro groups is 1. The Labute approximate surface area is 93.2 Å². The van der Waals surface area contributed by atoms with Crippen molar-refractivity contribution in [3.8, 4) is 5.75 Å². The van der Waals surface area contributed by atoms with Crippen molar-refractivity contribution in [2.45, 2.75) is 26.9 Å². The highest BCUT2D eigenvalue weighted by Gasteiger charge is 2.18. The van der Waals surface area contributed by atoms with Gasteiger partial charge >= 0.3 is 0 Å². The summed E-state index contributed by atoms with van der Waals surface area (Å²) in [4.78, 5) is 21.3. The van der Waals surface area contributed by atoms with Gasteiger partial charge in [-0.05, 0) is 32.9 Å². The fourth-order valence-corrected chi connectivity index (χ4v) is 1.30. The second kappa shape index (κ2) is 4.74. The molecule has 16 heavy (non-hydrogen) atoms. The van der Waals surface area contributed by atoms with Crippen molar-refractivity contribution in [3.63, 3.8) is 0 Å². The third-order valence-electron chi connectivity index (χ3n) is 1.92. The third-order valence-corrected chi connectivity index (χ3v) is 1.92. The van der Waals surface area contributed by atoms with Gasteiger partial charge in [-0.2, -0.15) is 0 Å². The number of rotatable bonds is 4. The van der Waals surface area contributed by atoms with Crippen molar-refractivity contribution >= 4 is 11.5 Å². The molecule has 0 spiro atoms. The van der Waals surface area contributed by atoms with Crippen molar-refractivity contribution in [2.24, 2.45) is 0 Å². The lowest BCUT2D eigenvalue weighted by Crippen LogP contribution is -2.07. The van der Waals surface area contributed by atoms with Crippen LogP contribution in [0.3, 0.4) is 0 Å². The van der Waals surface area contributed by atoms with E-state index in [1.807, 2.05) is 13.8 Å². The normalized spacial score (nSPS) is 10.2. The summed E-state index contributed by atoms with van der Waals surface area (Å²) in [6.45, 7) is 4.98. The molecule has 0 aromatic heterocycles. The lowest BCUT2D eigenvalue weighted by atomic mass is 10.1. The summed E-state index contributed by atoms with van der Waals surface area (Å²) in [5, 5.41) is 10.7. The van der Waals surface area contributed by atoms with Crippen LogP contribution in [0, 0.1) is 10.1 Å². The number of nitro benzene ring substituents is 1. The van der Waals surface area contributed by atoms with Crippen molar-refractivity contribution in [1.82, 2.24) is 0 Å². The van der Waals surface area contributed by atoms with Gasteiger partial charge in [-0.15, -0.1) is 0 Å². The van der Waals surface area contributed by atoms with E-state index in [9.17, 15) is 14.9 Å². The largest absolute Gasteiger partial charge is 0.491 e. The van der Waals surface area contributed by atoms with Gasteiger partial charge in [0, 0.05) is 6.07 Å². The van der Waals surface area contributed by atoms with Crippen LogP contribution in [-0.4, -0.2) is 16.8 Å². The van der Waals surface area contributed by atoms with Crippen LogP contribution in [0.1, 0.15) is 31.1 Å². The minimum absolute atomic E-state index is 0.0405. The van der Waals surface area contributed by atoms with E-state index >= 15 is 0 Å². The molecule has 0 N–H and O–H groups in total. The van der Waals surface area contributed by atoms with Gasteiger partial charge in [0.25, 0.3) is 5.69 Å². The molecule has 0 bridgehead atoms. The van der Waals surface area contributed by atoms with Crippen LogP contribution in [0.4, 0.5) is 5.69 Å². The van der Waals surface area contributed by atoms with E-state index in [1.165, 1.54) is 25.1 Å². The molecule has 5 nitrogen and oxygen atoms in total. The van der Waals surface area contributed by atoms with E-state index in [0.29, 0.717) is 5.75 Å². The maximum absolute atomic E-state index is 11.2. The molecular weight excluding hydrogens is 210 g/mol. The quantitative estimate of drug-likeness (QED) is 0.447. The molecule has 5 heteroatoms. The maximum Gasteiger partial charge on any atom is 0.280 e. The molecule has 0 radical (unpaired) electrons. The molecule has 0 heterocycles. The van der Waals surface area contributed by atoms with E-state index in [2.05, 4.69) is 0 Å².